The van der Waals surface area contributed by atoms with Crippen LogP contribution in [0.25, 0.3) is 22.6 Å². The van der Waals surface area contributed by atoms with Crippen molar-refractivity contribution in [3.05, 3.63) is 70.3 Å². The molecule has 7 nitrogen and oxygen atoms in total. The average molecular weight is 381 g/mol. The van der Waals surface area contributed by atoms with Crippen LogP contribution < -0.4 is 11.1 Å². The molecule has 2 heterocycles. The number of halogens is 1. The van der Waals surface area contributed by atoms with E-state index in [1.807, 2.05) is 0 Å². The maximum Gasteiger partial charge on any atom is 0.419 e. The highest BCUT2D eigenvalue weighted by atomic mass is 19.1. The summed E-state index contributed by atoms with van der Waals surface area (Å²) in [6, 6.07) is 10.7. The number of carbonyl (C=O) groups is 1. The van der Waals surface area contributed by atoms with Gasteiger partial charge in [0.25, 0.3) is 0 Å². The molecule has 0 aliphatic rings. The van der Waals surface area contributed by atoms with E-state index in [0.29, 0.717) is 39.7 Å². The van der Waals surface area contributed by atoms with Gasteiger partial charge in [-0.1, -0.05) is 0 Å². The predicted octanol–water partition coefficient (Wildman–Crippen LogP) is 3.42. The maximum atomic E-state index is 13.1. The van der Waals surface area contributed by atoms with E-state index in [-0.39, 0.29) is 18.1 Å². The van der Waals surface area contributed by atoms with Crippen molar-refractivity contribution < 1.29 is 18.0 Å². The summed E-state index contributed by atoms with van der Waals surface area (Å²) < 4.78 is 25.2. The largest absolute Gasteiger partial charge is 0.441 e. The zero-order valence-corrected chi connectivity index (χ0v) is 15.2. The Hall–Kier alpha value is -3.68. The third kappa shape index (κ3) is 3.32. The van der Waals surface area contributed by atoms with Crippen LogP contribution in [0.15, 0.2) is 56.1 Å². The van der Waals surface area contributed by atoms with E-state index in [0.717, 1.165) is 0 Å². The fraction of sp³-hybridized carbons (Fsp3) is 0.150. The van der Waals surface area contributed by atoms with E-state index >= 15 is 0 Å². The quantitative estimate of drug-likeness (QED) is 0.585. The molecule has 0 atom stereocenters. The zero-order valence-electron chi connectivity index (χ0n) is 15.2. The molecule has 8 heteroatoms. The van der Waals surface area contributed by atoms with Crippen LogP contribution in [0.2, 0.25) is 0 Å². The molecule has 0 unspecified atom stereocenters. The van der Waals surface area contributed by atoms with E-state index in [2.05, 4.69) is 10.3 Å². The number of amides is 1. The van der Waals surface area contributed by atoms with E-state index < -0.39 is 5.76 Å². The van der Waals surface area contributed by atoms with E-state index in [1.165, 1.54) is 16.7 Å². The molecule has 4 rings (SSSR count). The third-order valence-electron chi connectivity index (χ3n) is 4.39. The van der Waals surface area contributed by atoms with Crippen LogP contribution in [0.5, 0.6) is 0 Å². The van der Waals surface area contributed by atoms with Gasteiger partial charge in [0, 0.05) is 24.4 Å². The molecule has 0 aliphatic heterocycles. The lowest BCUT2D eigenvalue weighted by Crippen LogP contribution is -2.15. The lowest BCUT2D eigenvalue weighted by molar-refractivity contribution is -0.115. The molecule has 0 aliphatic carbocycles. The molecule has 0 radical (unpaired) electrons. The molecule has 28 heavy (non-hydrogen) atoms. The number of rotatable bonds is 4. The summed E-state index contributed by atoms with van der Waals surface area (Å²) >= 11 is 0. The maximum absolute atomic E-state index is 13.1. The van der Waals surface area contributed by atoms with Gasteiger partial charge in [-0.3, -0.25) is 9.36 Å². The number of hydrogen-bond acceptors (Lipinski definition) is 5. The monoisotopic (exact) mass is 381 g/mol. The van der Waals surface area contributed by atoms with Gasteiger partial charge in [-0.2, -0.15) is 0 Å². The highest BCUT2D eigenvalue weighted by Crippen LogP contribution is 2.23. The van der Waals surface area contributed by atoms with Crippen molar-refractivity contribution in [2.24, 2.45) is 7.05 Å². The Morgan fingerprint density at radius 3 is 2.68 bits per heavy atom. The van der Waals surface area contributed by atoms with Gasteiger partial charge in [-0.05, 0) is 43.3 Å². The normalized spacial score (nSPS) is 11.1. The van der Waals surface area contributed by atoms with Gasteiger partial charge < -0.3 is 14.2 Å². The fourth-order valence-corrected chi connectivity index (χ4v) is 2.88. The molecule has 2 aromatic heterocycles. The summed E-state index contributed by atoms with van der Waals surface area (Å²) in [6.07, 6.45) is 0.00725. The van der Waals surface area contributed by atoms with Crippen LogP contribution in [0.3, 0.4) is 0 Å². The molecule has 4 aromatic rings. The number of benzene rings is 2. The third-order valence-corrected chi connectivity index (χ3v) is 4.39. The van der Waals surface area contributed by atoms with Crippen LogP contribution in [-0.2, 0) is 18.3 Å². The lowest BCUT2D eigenvalue weighted by Gasteiger charge is -2.04. The summed E-state index contributed by atoms with van der Waals surface area (Å²) in [6.45, 7) is 1.72. The molecule has 0 saturated heterocycles. The number of aromatic nitrogens is 2. The molecule has 0 saturated carbocycles. The summed E-state index contributed by atoms with van der Waals surface area (Å²) in [5.74, 6) is -0.269. The van der Waals surface area contributed by atoms with Gasteiger partial charge in [0.1, 0.15) is 11.6 Å². The van der Waals surface area contributed by atoms with Crippen molar-refractivity contribution >= 4 is 22.7 Å². The van der Waals surface area contributed by atoms with E-state index in [1.54, 1.807) is 44.3 Å². The number of fused-ring (bicyclic) bond motifs is 1. The van der Waals surface area contributed by atoms with Crippen molar-refractivity contribution in [2.75, 3.05) is 5.32 Å². The second-order valence-electron chi connectivity index (χ2n) is 6.36. The van der Waals surface area contributed by atoms with Crippen molar-refractivity contribution in [3.63, 3.8) is 0 Å². The predicted molar refractivity (Wildman–Crippen MR) is 100 cm³/mol. The Labute approximate surface area is 158 Å². The molecular weight excluding hydrogens is 365 g/mol. The van der Waals surface area contributed by atoms with Gasteiger partial charge in [-0.15, -0.1) is 0 Å². The molecular formula is C20H16FN3O4. The van der Waals surface area contributed by atoms with Crippen molar-refractivity contribution in [3.8, 4) is 11.5 Å². The van der Waals surface area contributed by atoms with Crippen LogP contribution in [-0.4, -0.2) is 15.5 Å². The topological polar surface area (TPSA) is 90.3 Å². The minimum absolute atomic E-state index is 0.00725. The first-order valence-corrected chi connectivity index (χ1v) is 8.52. The molecule has 0 bridgehead atoms. The highest BCUT2D eigenvalue weighted by Gasteiger charge is 2.15. The number of nitrogens with zero attached hydrogens (tertiary/aromatic N) is 2. The minimum atomic E-state index is -0.468. The molecule has 0 spiro atoms. The Kier molecular flexibility index (Phi) is 4.31. The van der Waals surface area contributed by atoms with Crippen LogP contribution >= 0.6 is 0 Å². The molecule has 1 N–H and O–H groups in total. The van der Waals surface area contributed by atoms with Crippen molar-refractivity contribution in [1.29, 1.82) is 0 Å². The highest BCUT2D eigenvalue weighted by molar-refractivity contribution is 5.94. The van der Waals surface area contributed by atoms with Crippen LogP contribution in [0.1, 0.15) is 11.5 Å². The average Bonchev–Trinajstić information content (AvgIpc) is 3.15. The molecule has 2 aromatic carbocycles. The first-order chi connectivity index (χ1) is 13.4. The first kappa shape index (κ1) is 17.7. The van der Waals surface area contributed by atoms with Crippen LogP contribution in [0.4, 0.5) is 10.1 Å². The molecule has 0 fully saturated rings. The number of carbonyl (C=O) groups excluding carboxylic acids is 1. The van der Waals surface area contributed by atoms with Crippen molar-refractivity contribution in [2.45, 2.75) is 13.3 Å². The minimum Gasteiger partial charge on any atom is -0.441 e. The number of aryl methyl sites for hydroxylation is 2. The fourth-order valence-electron chi connectivity index (χ4n) is 2.88. The summed E-state index contributed by atoms with van der Waals surface area (Å²) in [5.41, 5.74) is 2.65. The lowest BCUT2D eigenvalue weighted by atomic mass is 10.2. The Morgan fingerprint density at radius 1 is 1.18 bits per heavy atom. The second-order valence-corrected chi connectivity index (χ2v) is 6.36. The van der Waals surface area contributed by atoms with Gasteiger partial charge in [0.2, 0.25) is 11.8 Å². The summed E-state index contributed by atoms with van der Waals surface area (Å²) in [5, 5.41) is 2.75. The van der Waals surface area contributed by atoms with Gasteiger partial charge in [-0.25, -0.2) is 14.2 Å². The van der Waals surface area contributed by atoms with E-state index in [4.69, 9.17) is 8.83 Å². The Bertz CT molecular complexity index is 1230. The summed E-state index contributed by atoms with van der Waals surface area (Å²) in [4.78, 5) is 28.3. The first-order valence-electron chi connectivity index (χ1n) is 8.52. The smallest absolute Gasteiger partial charge is 0.419 e. The van der Waals surface area contributed by atoms with Gasteiger partial charge >= 0.3 is 5.76 Å². The van der Waals surface area contributed by atoms with E-state index in [9.17, 15) is 14.0 Å². The van der Waals surface area contributed by atoms with Crippen LogP contribution in [0, 0.1) is 12.7 Å². The number of anilines is 1. The standard InChI is InChI=1S/C20H16FN3O4/c1-11-15(23-19(27-11)12-3-5-13(21)6-4-12)10-18(25)22-14-7-8-16-17(9-14)28-20(26)24(16)2/h3-9H,10H2,1-2H3,(H,22,25). The number of hydrogen-bond donors (Lipinski definition) is 1. The number of oxazole rings is 2. The summed E-state index contributed by atoms with van der Waals surface area (Å²) in [7, 11) is 1.61. The Balaban J connectivity index is 1.51. The van der Waals surface area contributed by atoms with Gasteiger partial charge in [0.15, 0.2) is 5.58 Å². The molecule has 1 amide bonds. The second kappa shape index (κ2) is 6.80. The SMILES string of the molecule is Cc1oc(-c2ccc(F)cc2)nc1CC(=O)Nc1ccc2c(c1)oc(=O)n2C. The van der Waals surface area contributed by atoms with Gasteiger partial charge in [0.05, 0.1) is 17.6 Å². The molecule has 142 valence electrons. The Morgan fingerprint density at radius 2 is 1.93 bits per heavy atom. The van der Waals surface area contributed by atoms with Crippen molar-refractivity contribution in [1.82, 2.24) is 9.55 Å². The zero-order chi connectivity index (χ0) is 19.8. The number of nitrogens with one attached hydrogen (secondary N) is 1.